The summed E-state index contributed by atoms with van der Waals surface area (Å²) in [6, 6.07) is 11.6. The Balaban J connectivity index is 0.000000194. The summed E-state index contributed by atoms with van der Waals surface area (Å²) in [6.45, 7) is 6.01. The molecular weight excluding hydrogens is 674 g/mol. The van der Waals surface area contributed by atoms with E-state index in [4.69, 9.17) is 14.6 Å². The first kappa shape index (κ1) is 38.4. The Labute approximate surface area is 301 Å². The normalized spacial score (nSPS) is 17.3. The van der Waals surface area contributed by atoms with Gasteiger partial charge in [0.15, 0.2) is 11.6 Å². The molecule has 0 radical (unpaired) electrons. The number of ether oxygens (including phenoxy) is 2. The summed E-state index contributed by atoms with van der Waals surface area (Å²) in [6.07, 6.45) is 6.09. The van der Waals surface area contributed by atoms with Crippen LogP contribution in [0.1, 0.15) is 39.1 Å². The van der Waals surface area contributed by atoms with Crippen molar-refractivity contribution in [2.24, 2.45) is 10.8 Å². The predicted octanol–water partition coefficient (Wildman–Crippen LogP) is 3.75. The van der Waals surface area contributed by atoms with Crippen LogP contribution in [0, 0.1) is 22.5 Å². The van der Waals surface area contributed by atoms with Crippen LogP contribution in [0.4, 0.5) is 20.4 Å². The van der Waals surface area contributed by atoms with Gasteiger partial charge in [-0.15, -0.1) is 0 Å². The van der Waals surface area contributed by atoms with Crippen LogP contribution in [-0.4, -0.2) is 89.7 Å². The van der Waals surface area contributed by atoms with Gasteiger partial charge in [-0.05, 0) is 67.8 Å². The first-order valence-corrected chi connectivity index (χ1v) is 16.7. The zero-order valence-electron chi connectivity index (χ0n) is 27.5. The number of carbonyl (C=O) groups is 1. The van der Waals surface area contributed by atoms with Crippen LogP contribution in [0.15, 0.2) is 70.5 Å². The van der Waals surface area contributed by atoms with Gasteiger partial charge in [0, 0.05) is 63.0 Å². The molecule has 8 rings (SSSR count). The fourth-order valence-electron chi connectivity index (χ4n) is 6.74. The number of aliphatic hydroxyl groups excluding tert-OH is 1. The van der Waals surface area contributed by atoms with E-state index in [2.05, 4.69) is 9.97 Å². The molecule has 0 aliphatic carbocycles. The number of hydrogen-bond acceptors (Lipinski definition) is 10. The third-order valence-corrected chi connectivity index (χ3v) is 9.53. The lowest BCUT2D eigenvalue weighted by Gasteiger charge is -2.55. The van der Waals surface area contributed by atoms with Gasteiger partial charge in [-0.3, -0.25) is 18.7 Å². The highest BCUT2D eigenvalue weighted by Crippen LogP contribution is 2.39. The molecule has 0 amide bonds. The van der Waals surface area contributed by atoms with Crippen molar-refractivity contribution >= 4 is 17.9 Å². The van der Waals surface area contributed by atoms with E-state index >= 15 is 0 Å². The lowest BCUT2D eigenvalue weighted by Crippen LogP contribution is -2.67. The molecule has 2 aromatic heterocycles. The first-order chi connectivity index (χ1) is 24.2. The SMILES string of the molecule is C.C.O=CCCc1cn(-c2ccc(F)cc2)c(=O)c(N2CC3(COC3)C2)n1.O=c1c(N2CC3(COC3)C2)nc(CCCO)cn1-c1ccc(F)cc1. The molecule has 4 saturated heterocycles. The van der Waals surface area contributed by atoms with E-state index in [1.165, 1.54) is 33.4 Å². The maximum absolute atomic E-state index is 13.2. The number of benzene rings is 2. The van der Waals surface area contributed by atoms with Crippen molar-refractivity contribution in [2.75, 3.05) is 69.0 Å². The van der Waals surface area contributed by atoms with Crippen molar-refractivity contribution in [3.8, 4) is 11.4 Å². The summed E-state index contributed by atoms with van der Waals surface area (Å²) in [4.78, 5) is 49.4. The van der Waals surface area contributed by atoms with E-state index < -0.39 is 0 Å². The van der Waals surface area contributed by atoms with Gasteiger partial charge in [-0.2, -0.15) is 0 Å². The van der Waals surface area contributed by atoms with Crippen LogP contribution in [0.3, 0.4) is 0 Å². The average Bonchev–Trinajstić information content (AvgIpc) is 3.03. The predicted molar refractivity (Wildman–Crippen MR) is 194 cm³/mol. The summed E-state index contributed by atoms with van der Waals surface area (Å²) in [5.41, 5.74) is 2.46. The van der Waals surface area contributed by atoms with E-state index in [0.717, 1.165) is 64.6 Å². The summed E-state index contributed by atoms with van der Waals surface area (Å²) in [5.74, 6) is 0.0886. The second-order valence-electron chi connectivity index (χ2n) is 13.6. The molecule has 4 fully saturated rings. The highest BCUT2D eigenvalue weighted by atomic mass is 19.1. The third kappa shape index (κ3) is 7.69. The summed E-state index contributed by atoms with van der Waals surface area (Å²) < 4.78 is 39.9. The number of nitrogens with zero attached hydrogens (tertiary/aromatic N) is 6. The van der Waals surface area contributed by atoms with Crippen molar-refractivity contribution in [1.29, 1.82) is 0 Å². The van der Waals surface area contributed by atoms with Gasteiger partial charge in [-0.25, -0.2) is 18.7 Å². The minimum atomic E-state index is -0.359. The Bertz CT molecular complexity index is 1960. The van der Waals surface area contributed by atoms with E-state index in [9.17, 15) is 23.2 Å². The lowest BCUT2D eigenvalue weighted by molar-refractivity contribution is -0.127. The fraction of sp³-hybridized carbons (Fsp3) is 0.447. The van der Waals surface area contributed by atoms with E-state index in [1.807, 2.05) is 9.80 Å². The molecule has 2 aromatic carbocycles. The largest absolute Gasteiger partial charge is 0.396 e. The molecular formula is C38H46F2N6O6. The number of rotatable bonds is 10. The monoisotopic (exact) mass is 720 g/mol. The standard InChI is InChI=1S/C18H20FN3O3.C18H18FN3O3.2CH4/c2*19-13-3-5-15(6-4-13)22-8-14(2-1-7-23)20-16(17(22)24)21-9-18(10-21)11-25-12-18;;/h3-6,8,23H,1-2,7,9-12H2;3-8H,1-2,9-12H2;2*1H4. The molecule has 12 nitrogen and oxygen atoms in total. The Kier molecular flexibility index (Phi) is 11.7. The number of anilines is 2. The summed E-state index contributed by atoms with van der Waals surface area (Å²) in [5, 5.41) is 9.08. The minimum Gasteiger partial charge on any atom is -0.396 e. The Morgan fingerprint density at radius 3 is 1.44 bits per heavy atom. The summed E-state index contributed by atoms with van der Waals surface area (Å²) in [7, 11) is 0. The quantitative estimate of drug-likeness (QED) is 0.242. The Morgan fingerprint density at radius 2 is 1.10 bits per heavy atom. The number of carbonyl (C=O) groups excluding carboxylic acids is 1. The number of halogens is 2. The number of aromatic nitrogens is 4. The van der Waals surface area contributed by atoms with Gasteiger partial charge in [0.1, 0.15) is 17.9 Å². The molecule has 2 spiro atoms. The smallest absolute Gasteiger partial charge is 0.298 e. The topological polar surface area (TPSA) is 132 Å². The molecule has 52 heavy (non-hydrogen) atoms. The molecule has 0 bridgehead atoms. The van der Waals surface area contributed by atoms with Gasteiger partial charge >= 0.3 is 0 Å². The Morgan fingerprint density at radius 1 is 0.692 bits per heavy atom. The minimum absolute atomic E-state index is 0. The van der Waals surface area contributed by atoms with Gasteiger partial charge in [0.05, 0.1) is 48.6 Å². The molecule has 1 N–H and O–H groups in total. The second kappa shape index (κ2) is 15.8. The molecule has 4 aromatic rings. The van der Waals surface area contributed by atoms with Gasteiger partial charge in [0.2, 0.25) is 0 Å². The van der Waals surface area contributed by atoms with E-state index in [0.29, 0.717) is 54.4 Å². The maximum Gasteiger partial charge on any atom is 0.298 e. The van der Waals surface area contributed by atoms with Crippen molar-refractivity contribution in [2.45, 2.75) is 40.5 Å². The highest BCUT2D eigenvalue weighted by Gasteiger charge is 2.51. The van der Waals surface area contributed by atoms with Gasteiger partial charge in [-0.1, -0.05) is 14.9 Å². The highest BCUT2D eigenvalue weighted by molar-refractivity contribution is 5.51. The third-order valence-electron chi connectivity index (χ3n) is 9.53. The molecule has 278 valence electrons. The second-order valence-corrected chi connectivity index (χ2v) is 13.6. The van der Waals surface area contributed by atoms with Crippen LogP contribution in [0.25, 0.3) is 11.4 Å². The van der Waals surface area contributed by atoms with Crippen LogP contribution in [0.2, 0.25) is 0 Å². The zero-order chi connectivity index (χ0) is 34.9. The molecule has 4 aliphatic heterocycles. The first-order valence-electron chi connectivity index (χ1n) is 16.7. The van der Waals surface area contributed by atoms with Crippen molar-refractivity contribution in [1.82, 2.24) is 19.1 Å². The molecule has 14 heteroatoms. The van der Waals surface area contributed by atoms with Gasteiger partial charge in [0.25, 0.3) is 11.1 Å². The number of aliphatic hydroxyl groups is 1. The Hall–Kier alpha value is -4.79. The van der Waals surface area contributed by atoms with Crippen LogP contribution in [0.5, 0.6) is 0 Å². The number of aldehydes is 1. The number of hydrogen-bond donors (Lipinski definition) is 1. The lowest BCUT2D eigenvalue weighted by atomic mass is 9.78. The van der Waals surface area contributed by atoms with Crippen molar-refractivity contribution in [3.05, 3.63) is 105 Å². The van der Waals surface area contributed by atoms with Crippen molar-refractivity contribution < 1.29 is 28.2 Å². The van der Waals surface area contributed by atoms with Crippen LogP contribution in [-0.2, 0) is 27.1 Å². The molecule has 0 unspecified atom stereocenters. The molecule has 0 saturated carbocycles. The molecule has 4 aliphatic rings. The molecule has 0 atom stereocenters. The van der Waals surface area contributed by atoms with Gasteiger partial charge < -0.3 is 29.2 Å². The van der Waals surface area contributed by atoms with E-state index in [-0.39, 0.29) is 55.0 Å². The zero-order valence-corrected chi connectivity index (χ0v) is 27.5. The van der Waals surface area contributed by atoms with E-state index in [1.54, 1.807) is 36.7 Å². The fourth-order valence-corrected chi connectivity index (χ4v) is 6.74. The average molecular weight is 721 g/mol. The van der Waals surface area contributed by atoms with Crippen molar-refractivity contribution in [3.63, 3.8) is 0 Å². The molecule has 6 heterocycles. The number of aryl methyl sites for hydroxylation is 2. The summed E-state index contributed by atoms with van der Waals surface area (Å²) >= 11 is 0. The van der Waals surface area contributed by atoms with Crippen LogP contribution < -0.4 is 20.9 Å². The van der Waals surface area contributed by atoms with Crippen LogP contribution >= 0.6 is 0 Å². The maximum atomic E-state index is 13.2.